The summed E-state index contributed by atoms with van der Waals surface area (Å²) >= 11 is 1.41. The molecule has 0 bridgehead atoms. The first-order valence-electron chi connectivity index (χ1n) is 9.76. The molecule has 0 saturated carbocycles. The molecule has 3 rings (SSSR count). The molecule has 1 heterocycles. The minimum Gasteiger partial charge on any atom is -0.343 e. The molecule has 1 aliphatic rings. The van der Waals surface area contributed by atoms with E-state index in [1.54, 1.807) is 12.1 Å². The number of hydrogen-bond acceptors (Lipinski definition) is 5. The van der Waals surface area contributed by atoms with E-state index in [9.17, 15) is 18.0 Å². The van der Waals surface area contributed by atoms with Crippen LogP contribution in [-0.2, 0) is 14.6 Å². The van der Waals surface area contributed by atoms with Crippen LogP contribution in [-0.4, -0.2) is 43.5 Å². The molecule has 1 fully saturated rings. The molecule has 2 N–H and O–H groups in total. The molecule has 1 saturated heterocycles. The predicted molar refractivity (Wildman–Crippen MR) is 121 cm³/mol. The van der Waals surface area contributed by atoms with Gasteiger partial charge in [0.2, 0.25) is 5.91 Å². The lowest BCUT2D eigenvalue weighted by atomic mass is 10.1. The van der Waals surface area contributed by atoms with Gasteiger partial charge < -0.3 is 10.6 Å². The van der Waals surface area contributed by atoms with E-state index in [0.29, 0.717) is 12.0 Å². The van der Waals surface area contributed by atoms with E-state index in [2.05, 4.69) is 10.6 Å². The van der Waals surface area contributed by atoms with Crippen LogP contribution in [0.1, 0.15) is 33.5 Å². The van der Waals surface area contributed by atoms with Crippen LogP contribution >= 0.6 is 11.8 Å². The predicted octanol–water partition coefficient (Wildman–Crippen LogP) is 3.26. The number of thioether (sulfide) groups is 1. The summed E-state index contributed by atoms with van der Waals surface area (Å²) in [5.41, 5.74) is 4.28. The number of hydrogen-bond donors (Lipinski definition) is 2. The average Bonchev–Trinajstić information content (AvgIpc) is 3.01. The van der Waals surface area contributed by atoms with Crippen LogP contribution < -0.4 is 10.6 Å². The molecule has 0 radical (unpaired) electrons. The second kappa shape index (κ2) is 9.22. The first-order valence-corrected chi connectivity index (χ1v) is 12.5. The molecule has 2 aromatic rings. The Hall–Kier alpha value is -2.32. The number of carbonyl (C=O) groups is 2. The Bertz CT molecular complexity index is 1060. The maximum Gasteiger partial charge on any atom is 0.252 e. The Morgan fingerprint density at radius 3 is 2.40 bits per heavy atom. The second-order valence-electron chi connectivity index (χ2n) is 7.64. The number of sulfone groups is 1. The van der Waals surface area contributed by atoms with Crippen molar-refractivity contribution >= 4 is 39.1 Å². The van der Waals surface area contributed by atoms with Gasteiger partial charge in [0.25, 0.3) is 5.91 Å². The highest BCUT2D eigenvalue weighted by Crippen LogP contribution is 2.33. The Balaban J connectivity index is 1.62. The molecule has 8 heteroatoms. The lowest BCUT2D eigenvalue weighted by Gasteiger charge is -2.14. The van der Waals surface area contributed by atoms with Crippen LogP contribution in [0.2, 0.25) is 0 Å². The fraction of sp³-hybridized carbons (Fsp3) is 0.364. The van der Waals surface area contributed by atoms with E-state index in [1.807, 2.05) is 45.0 Å². The molecular formula is C22H26N2O4S2. The van der Waals surface area contributed by atoms with Crippen molar-refractivity contribution in [2.24, 2.45) is 0 Å². The third-order valence-corrected chi connectivity index (χ3v) is 8.29. The number of carbonyl (C=O) groups excluding carboxylic acids is 2. The van der Waals surface area contributed by atoms with Crippen LogP contribution in [0.3, 0.4) is 0 Å². The number of benzene rings is 2. The molecule has 160 valence electrons. The van der Waals surface area contributed by atoms with Gasteiger partial charge >= 0.3 is 0 Å². The Morgan fingerprint density at radius 2 is 1.77 bits per heavy atom. The minimum atomic E-state index is -2.98. The van der Waals surface area contributed by atoms with Crippen LogP contribution in [0.5, 0.6) is 0 Å². The molecule has 0 aliphatic carbocycles. The van der Waals surface area contributed by atoms with Crippen molar-refractivity contribution in [1.29, 1.82) is 0 Å². The van der Waals surface area contributed by atoms with Gasteiger partial charge in [0.15, 0.2) is 9.84 Å². The summed E-state index contributed by atoms with van der Waals surface area (Å²) in [6.07, 6.45) is 0.584. The van der Waals surface area contributed by atoms with Crippen molar-refractivity contribution in [3.05, 3.63) is 58.7 Å². The largest absolute Gasteiger partial charge is 0.343 e. The molecule has 2 aromatic carbocycles. The minimum absolute atomic E-state index is 0.0558. The van der Waals surface area contributed by atoms with E-state index < -0.39 is 9.84 Å². The molecule has 0 unspecified atom stereocenters. The van der Waals surface area contributed by atoms with Gasteiger partial charge in [-0.15, -0.1) is 11.8 Å². The zero-order chi connectivity index (χ0) is 21.9. The normalized spacial score (nSPS) is 17.5. The Labute approximate surface area is 181 Å². The van der Waals surface area contributed by atoms with Crippen molar-refractivity contribution in [2.75, 3.05) is 23.4 Å². The van der Waals surface area contributed by atoms with Crippen LogP contribution in [0.4, 0.5) is 5.69 Å². The fourth-order valence-electron chi connectivity index (χ4n) is 3.61. The van der Waals surface area contributed by atoms with E-state index in [4.69, 9.17) is 0 Å². The summed E-state index contributed by atoms with van der Waals surface area (Å²) in [6.45, 7) is 5.72. The molecular weight excluding hydrogens is 420 g/mol. The third-order valence-electron chi connectivity index (χ3n) is 4.97. The van der Waals surface area contributed by atoms with Crippen LogP contribution in [0, 0.1) is 20.8 Å². The van der Waals surface area contributed by atoms with Crippen LogP contribution in [0.15, 0.2) is 41.3 Å². The maximum absolute atomic E-state index is 12.7. The van der Waals surface area contributed by atoms with Gasteiger partial charge in [0, 0.05) is 15.8 Å². The van der Waals surface area contributed by atoms with Gasteiger partial charge in [-0.25, -0.2) is 8.42 Å². The third kappa shape index (κ3) is 5.64. The number of rotatable bonds is 6. The molecule has 6 nitrogen and oxygen atoms in total. The highest BCUT2D eigenvalue weighted by molar-refractivity contribution is 8.02. The Kier molecular flexibility index (Phi) is 6.88. The smallest absolute Gasteiger partial charge is 0.252 e. The van der Waals surface area contributed by atoms with Crippen molar-refractivity contribution in [2.45, 2.75) is 37.3 Å². The van der Waals surface area contributed by atoms with Gasteiger partial charge in [0.05, 0.1) is 23.6 Å². The lowest BCUT2D eigenvalue weighted by Crippen LogP contribution is -2.33. The van der Waals surface area contributed by atoms with E-state index in [1.165, 1.54) is 11.8 Å². The molecule has 0 aromatic heterocycles. The molecule has 0 spiro atoms. The highest BCUT2D eigenvalue weighted by atomic mass is 32.2. The first kappa shape index (κ1) is 22.4. The number of anilines is 1. The summed E-state index contributed by atoms with van der Waals surface area (Å²) in [6, 6.07) is 11.1. The molecule has 1 aliphatic heterocycles. The number of nitrogens with one attached hydrogen (secondary N) is 2. The van der Waals surface area contributed by atoms with Gasteiger partial charge in [-0.2, -0.15) is 0 Å². The van der Waals surface area contributed by atoms with Crippen molar-refractivity contribution in [3.63, 3.8) is 0 Å². The van der Waals surface area contributed by atoms with Crippen molar-refractivity contribution in [3.8, 4) is 0 Å². The van der Waals surface area contributed by atoms with Gasteiger partial charge in [-0.1, -0.05) is 29.8 Å². The summed E-state index contributed by atoms with van der Waals surface area (Å²) in [4.78, 5) is 25.8. The highest BCUT2D eigenvalue weighted by Gasteiger charge is 2.29. The second-order valence-corrected chi connectivity index (χ2v) is 11.2. The standard InChI is InChI=1S/C22H26N2O4S2/c1-14-10-15(2)21(16(3)11-14)24-20(25)12-23-22(26)18-6-4-5-7-19(18)29-17-8-9-30(27,28)13-17/h4-7,10-11,17H,8-9,12-13H2,1-3H3,(H,23,26)(H,24,25)/t17-/m0/s1. The fourth-order valence-corrected chi connectivity index (χ4v) is 7.23. The van der Waals surface area contributed by atoms with E-state index in [0.717, 1.165) is 27.3 Å². The van der Waals surface area contributed by atoms with Gasteiger partial charge in [-0.05, 0) is 50.5 Å². The summed E-state index contributed by atoms with van der Waals surface area (Å²) in [5, 5.41) is 5.48. The first-order chi connectivity index (χ1) is 14.1. The summed E-state index contributed by atoms with van der Waals surface area (Å²) < 4.78 is 23.4. The quantitative estimate of drug-likeness (QED) is 0.711. The molecule has 30 heavy (non-hydrogen) atoms. The lowest BCUT2D eigenvalue weighted by molar-refractivity contribution is -0.115. The van der Waals surface area contributed by atoms with Crippen molar-refractivity contribution < 1.29 is 18.0 Å². The zero-order valence-corrected chi connectivity index (χ0v) is 19.0. The topological polar surface area (TPSA) is 92.3 Å². The SMILES string of the molecule is Cc1cc(C)c(NC(=O)CNC(=O)c2ccccc2S[C@H]2CCS(=O)(=O)C2)c(C)c1. The van der Waals surface area contributed by atoms with E-state index >= 15 is 0 Å². The molecule has 1 atom stereocenters. The maximum atomic E-state index is 12.7. The molecule has 2 amide bonds. The van der Waals surface area contributed by atoms with Crippen LogP contribution in [0.25, 0.3) is 0 Å². The average molecular weight is 447 g/mol. The summed E-state index contributed by atoms with van der Waals surface area (Å²) in [5.74, 6) is -0.334. The summed E-state index contributed by atoms with van der Waals surface area (Å²) in [7, 11) is -2.98. The zero-order valence-electron chi connectivity index (χ0n) is 17.3. The van der Waals surface area contributed by atoms with Crippen molar-refractivity contribution in [1.82, 2.24) is 5.32 Å². The monoisotopic (exact) mass is 446 g/mol. The van der Waals surface area contributed by atoms with Gasteiger partial charge in [-0.3, -0.25) is 9.59 Å². The van der Waals surface area contributed by atoms with E-state index in [-0.39, 0.29) is 35.1 Å². The van der Waals surface area contributed by atoms with Gasteiger partial charge in [0.1, 0.15) is 0 Å². The Morgan fingerprint density at radius 1 is 1.10 bits per heavy atom. The number of amides is 2. The number of aryl methyl sites for hydroxylation is 3.